The van der Waals surface area contributed by atoms with Crippen molar-refractivity contribution in [2.24, 2.45) is 0 Å². The molecule has 2 aliphatic heterocycles. The summed E-state index contributed by atoms with van der Waals surface area (Å²) in [5, 5.41) is 16.5. The van der Waals surface area contributed by atoms with Crippen LogP contribution in [-0.2, 0) is 11.3 Å². The summed E-state index contributed by atoms with van der Waals surface area (Å²) in [7, 11) is 1.60. The van der Waals surface area contributed by atoms with Gasteiger partial charge in [0.25, 0.3) is 5.91 Å². The van der Waals surface area contributed by atoms with Crippen molar-refractivity contribution in [3.63, 3.8) is 0 Å². The molecule has 12 nitrogen and oxygen atoms in total. The Hall–Kier alpha value is -5.98. The SMILES string of the molecule is COc1ccccc1-c1cc(C2=CCCN(C(=O)CCn3ccnn3)C2)c(F)c2[nH]c(C(=O)N3CCN(c4ccc5cn[nH]c5c4)CC3)cc12. The lowest BCUT2D eigenvalue weighted by Gasteiger charge is -2.36. The molecule has 50 heavy (non-hydrogen) atoms. The molecule has 0 unspecified atom stereocenters. The number of hydrogen-bond donors (Lipinski definition) is 2. The third kappa shape index (κ3) is 5.84. The molecule has 6 aromatic rings. The van der Waals surface area contributed by atoms with Gasteiger partial charge in [0.05, 0.1) is 37.1 Å². The Balaban J connectivity index is 1.08. The highest BCUT2D eigenvalue weighted by atomic mass is 19.1. The quantitative estimate of drug-likeness (QED) is 0.230. The van der Waals surface area contributed by atoms with E-state index in [9.17, 15) is 9.59 Å². The molecule has 3 aromatic carbocycles. The number of aryl methyl sites for hydroxylation is 1. The van der Waals surface area contributed by atoms with Gasteiger partial charge in [-0.15, -0.1) is 5.10 Å². The number of H-pyrrole nitrogens is 2. The van der Waals surface area contributed by atoms with Gasteiger partial charge in [-0.25, -0.2) is 4.39 Å². The fourth-order valence-electron chi connectivity index (χ4n) is 7.03. The number of nitrogens with zero attached hydrogens (tertiary/aromatic N) is 7. The fourth-order valence-corrected chi connectivity index (χ4v) is 7.03. The van der Waals surface area contributed by atoms with Gasteiger partial charge in [0, 0.05) is 79.5 Å². The van der Waals surface area contributed by atoms with E-state index in [0.29, 0.717) is 73.7 Å². The summed E-state index contributed by atoms with van der Waals surface area (Å²) in [5.41, 5.74) is 5.22. The molecule has 0 aliphatic carbocycles. The van der Waals surface area contributed by atoms with Crippen LogP contribution in [0.1, 0.15) is 28.9 Å². The largest absolute Gasteiger partial charge is 0.496 e. The molecule has 254 valence electrons. The highest BCUT2D eigenvalue weighted by Gasteiger charge is 2.28. The Bertz CT molecular complexity index is 2230. The molecule has 2 amide bonds. The van der Waals surface area contributed by atoms with E-state index in [0.717, 1.165) is 27.7 Å². The Kier molecular flexibility index (Phi) is 8.23. The molecular weight excluding hydrogens is 637 g/mol. The molecule has 0 bridgehead atoms. The van der Waals surface area contributed by atoms with Gasteiger partial charge in [-0.1, -0.05) is 29.5 Å². The third-order valence-corrected chi connectivity index (χ3v) is 9.71. The maximum absolute atomic E-state index is 16.7. The van der Waals surface area contributed by atoms with Crippen molar-refractivity contribution in [2.45, 2.75) is 19.4 Å². The van der Waals surface area contributed by atoms with Crippen molar-refractivity contribution in [3.8, 4) is 16.9 Å². The number of carbonyl (C=O) groups excluding carboxylic acids is 2. The normalized spacial score (nSPS) is 15.2. The number of piperazine rings is 1. The first kappa shape index (κ1) is 31.3. The van der Waals surface area contributed by atoms with Crippen molar-refractivity contribution in [1.29, 1.82) is 0 Å². The zero-order valence-corrected chi connectivity index (χ0v) is 27.6. The molecule has 13 heteroatoms. The average Bonchev–Trinajstić information content (AvgIpc) is 3.96. The summed E-state index contributed by atoms with van der Waals surface area (Å²) >= 11 is 0. The van der Waals surface area contributed by atoms with Crippen molar-refractivity contribution < 1.29 is 18.7 Å². The molecule has 2 aliphatic rings. The number of benzene rings is 3. The van der Waals surface area contributed by atoms with E-state index < -0.39 is 5.82 Å². The first-order valence-electron chi connectivity index (χ1n) is 16.7. The van der Waals surface area contributed by atoms with Crippen molar-refractivity contribution in [1.82, 2.24) is 40.0 Å². The minimum atomic E-state index is -0.458. The second-order valence-electron chi connectivity index (χ2n) is 12.6. The molecule has 0 radical (unpaired) electrons. The monoisotopic (exact) mass is 673 g/mol. The van der Waals surface area contributed by atoms with E-state index in [1.807, 2.05) is 47.4 Å². The van der Waals surface area contributed by atoms with Gasteiger partial charge >= 0.3 is 0 Å². The molecular formula is C37H36FN9O3. The fraction of sp³-hybridized carbons (Fsp3) is 0.270. The Morgan fingerprint density at radius 2 is 1.82 bits per heavy atom. The number of para-hydroxylation sites is 1. The van der Waals surface area contributed by atoms with Gasteiger partial charge in [-0.3, -0.25) is 19.4 Å². The summed E-state index contributed by atoms with van der Waals surface area (Å²) in [6, 6.07) is 17.3. The first-order valence-corrected chi connectivity index (χ1v) is 16.7. The minimum absolute atomic E-state index is 0.0350. The van der Waals surface area contributed by atoms with Gasteiger partial charge in [-0.2, -0.15) is 5.10 Å². The second kappa shape index (κ2) is 13.1. The Morgan fingerprint density at radius 3 is 2.64 bits per heavy atom. The molecule has 8 rings (SSSR count). The van der Waals surface area contributed by atoms with Crippen LogP contribution in [0.3, 0.4) is 0 Å². The summed E-state index contributed by atoms with van der Waals surface area (Å²) < 4.78 is 24.0. The summed E-state index contributed by atoms with van der Waals surface area (Å²) in [6.45, 7) is 3.62. The zero-order valence-electron chi connectivity index (χ0n) is 27.6. The van der Waals surface area contributed by atoms with Gasteiger partial charge in [0.2, 0.25) is 5.91 Å². The number of aromatic amines is 2. The maximum Gasteiger partial charge on any atom is 0.270 e. The Labute approximate surface area is 287 Å². The predicted molar refractivity (Wildman–Crippen MR) is 188 cm³/mol. The van der Waals surface area contributed by atoms with Crippen LogP contribution in [0.2, 0.25) is 0 Å². The zero-order chi connectivity index (χ0) is 34.2. The van der Waals surface area contributed by atoms with Gasteiger partial charge in [0.15, 0.2) is 5.82 Å². The van der Waals surface area contributed by atoms with E-state index >= 15 is 4.39 Å². The van der Waals surface area contributed by atoms with Crippen molar-refractivity contribution >= 4 is 44.9 Å². The lowest BCUT2D eigenvalue weighted by Crippen LogP contribution is -2.48. The Morgan fingerprint density at radius 1 is 0.960 bits per heavy atom. The van der Waals surface area contributed by atoms with Crippen molar-refractivity contribution in [3.05, 3.63) is 96.3 Å². The molecule has 3 aromatic heterocycles. The smallest absolute Gasteiger partial charge is 0.270 e. The van der Waals surface area contributed by atoms with E-state index in [4.69, 9.17) is 4.74 Å². The highest BCUT2D eigenvalue weighted by molar-refractivity contribution is 6.05. The van der Waals surface area contributed by atoms with Gasteiger partial charge in [0.1, 0.15) is 11.4 Å². The van der Waals surface area contributed by atoms with E-state index in [1.54, 1.807) is 41.3 Å². The third-order valence-electron chi connectivity index (χ3n) is 9.71. The van der Waals surface area contributed by atoms with Crippen LogP contribution in [0.5, 0.6) is 5.75 Å². The molecule has 5 heterocycles. The minimum Gasteiger partial charge on any atom is -0.496 e. The molecule has 0 saturated carbocycles. The molecule has 1 fully saturated rings. The number of halogens is 1. The molecule has 1 saturated heterocycles. The number of ether oxygens (including phenoxy) is 1. The number of anilines is 1. The number of amides is 2. The van der Waals surface area contributed by atoms with Gasteiger partial charge in [-0.05, 0) is 54.0 Å². The highest BCUT2D eigenvalue weighted by Crippen LogP contribution is 2.40. The van der Waals surface area contributed by atoms with Crippen LogP contribution in [0.15, 0.2) is 79.3 Å². The standard InChI is InChI=1S/C37H36FN9O3/c1-50-33-7-3-2-6-27(33)29-20-28(25-5-4-12-46(23-25)34(48)10-13-47-14-11-39-43-47)35(38)36-30(29)21-32(41-36)37(49)45-17-15-44(16-18-45)26-9-8-24-22-40-42-31(24)19-26/h2-3,5-9,11,14,19-22,41H,4,10,12-13,15-18,23H2,1H3,(H,40,42). The molecule has 0 atom stereocenters. The molecule has 2 N–H and O–H groups in total. The van der Waals surface area contributed by atoms with E-state index in [2.05, 4.69) is 42.5 Å². The topological polar surface area (TPSA) is 128 Å². The number of rotatable bonds is 8. The number of methoxy groups -OCH3 is 1. The number of fused-ring (bicyclic) bond motifs is 2. The van der Waals surface area contributed by atoms with Crippen molar-refractivity contribution in [2.75, 3.05) is 51.3 Å². The number of aromatic nitrogens is 6. The van der Waals surface area contributed by atoms with Crippen LogP contribution in [-0.4, -0.2) is 98.2 Å². The van der Waals surface area contributed by atoms with Crippen LogP contribution in [0.25, 0.3) is 38.5 Å². The number of hydrogen-bond acceptors (Lipinski definition) is 7. The van der Waals surface area contributed by atoms with E-state index in [-0.39, 0.29) is 30.3 Å². The maximum atomic E-state index is 16.7. The number of nitrogens with one attached hydrogen (secondary N) is 2. The number of carbonyl (C=O) groups is 2. The lowest BCUT2D eigenvalue weighted by molar-refractivity contribution is -0.131. The van der Waals surface area contributed by atoms with Crippen LogP contribution >= 0.6 is 0 Å². The van der Waals surface area contributed by atoms with E-state index in [1.165, 1.54) is 0 Å². The van der Waals surface area contributed by atoms with Crippen LogP contribution in [0, 0.1) is 5.82 Å². The lowest BCUT2D eigenvalue weighted by atomic mass is 9.93. The second-order valence-corrected chi connectivity index (χ2v) is 12.6. The average molecular weight is 674 g/mol. The predicted octanol–water partition coefficient (Wildman–Crippen LogP) is 5.12. The summed E-state index contributed by atoms with van der Waals surface area (Å²) in [6.07, 6.45) is 7.96. The first-order chi connectivity index (χ1) is 24.5. The summed E-state index contributed by atoms with van der Waals surface area (Å²) in [4.78, 5) is 36.1. The van der Waals surface area contributed by atoms with Gasteiger partial charge < -0.3 is 24.4 Å². The van der Waals surface area contributed by atoms with Crippen LogP contribution in [0.4, 0.5) is 10.1 Å². The molecule has 0 spiro atoms. The van der Waals surface area contributed by atoms with Crippen LogP contribution < -0.4 is 9.64 Å². The summed E-state index contributed by atoms with van der Waals surface area (Å²) in [5.74, 6) is -0.0441.